The molecule has 4 nitrogen and oxygen atoms in total. The molecule has 0 spiro atoms. The average molecular weight is 383 g/mol. The lowest BCUT2D eigenvalue weighted by Crippen LogP contribution is -2.20. The van der Waals surface area contributed by atoms with Crippen LogP contribution in [0, 0.1) is 6.92 Å². The summed E-state index contributed by atoms with van der Waals surface area (Å²) in [6.07, 6.45) is 0. The van der Waals surface area contributed by atoms with Crippen LogP contribution in [0.1, 0.15) is 5.56 Å². The minimum absolute atomic E-state index is 0.0856. The van der Waals surface area contributed by atoms with Crippen molar-refractivity contribution in [3.05, 3.63) is 65.2 Å². The van der Waals surface area contributed by atoms with Crippen LogP contribution < -0.4 is 10.1 Å². The van der Waals surface area contributed by atoms with Crippen LogP contribution in [0.15, 0.2) is 54.6 Å². The highest BCUT2D eigenvalue weighted by Crippen LogP contribution is 2.31. The lowest BCUT2D eigenvalue weighted by atomic mass is 10.1. The minimum Gasteiger partial charge on any atom is -0.484 e. The molecule has 3 aromatic carbocycles. The van der Waals surface area contributed by atoms with E-state index in [9.17, 15) is 4.79 Å². The van der Waals surface area contributed by atoms with Crippen molar-refractivity contribution in [1.82, 2.24) is 4.98 Å². The van der Waals surface area contributed by atoms with Gasteiger partial charge in [0.15, 0.2) is 11.7 Å². The Morgan fingerprint density at radius 2 is 2.04 bits per heavy atom. The summed E-state index contributed by atoms with van der Waals surface area (Å²) in [5.41, 5.74) is 1.81. The number of nitrogens with one attached hydrogen (secondary N) is 1. The van der Waals surface area contributed by atoms with Gasteiger partial charge in [-0.1, -0.05) is 53.3 Å². The summed E-state index contributed by atoms with van der Waals surface area (Å²) in [5, 5.41) is 6.25. The Balaban J connectivity index is 1.48. The topological polar surface area (TPSA) is 51.2 Å². The fourth-order valence-corrected chi connectivity index (χ4v) is 3.74. The molecule has 1 aromatic heterocycles. The van der Waals surface area contributed by atoms with Gasteiger partial charge >= 0.3 is 0 Å². The van der Waals surface area contributed by atoms with Crippen LogP contribution in [0.5, 0.6) is 5.75 Å². The first-order valence-electron chi connectivity index (χ1n) is 8.07. The van der Waals surface area contributed by atoms with E-state index in [2.05, 4.69) is 16.4 Å². The second-order valence-electron chi connectivity index (χ2n) is 5.90. The standard InChI is InChI=1S/C20H15ClN2O2S/c1-12-10-14(7-8-16(12)21)25-11-18(24)22-20-23-19-15-5-3-2-4-13(15)6-9-17(19)26-20/h2-10H,11H2,1H3,(H,22,23,24). The van der Waals surface area contributed by atoms with E-state index in [1.165, 1.54) is 11.3 Å². The van der Waals surface area contributed by atoms with E-state index >= 15 is 0 Å². The molecule has 0 saturated carbocycles. The largest absolute Gasteiger partial charge is 0.484 e. The molecule has 0 unspecified atom stereocenters. The third-order valence-corrected chi connectivity index (χ3v) is 5.39. The molecule has 0 aliphatic heterocycles. The van der Waals surface area contributed by atoms with E-state index in [1.54, 1.807) is 18.2 Å². The average Bonchev–Trinajstić information content (AvgIpc) is 3.05. The summed E-state index contributed by atoms with van der Waals surface area (Å²) in [7, 11) is 0. The number of carbonyl (C=O) groups excluding carboxylic acids is 1. The molecule has 0 radical (unpaired) electrons. The molecule has 1 heterocycles. The molecule has 0 atom stereocenters. The molecule has 4 rings (SSSR count). The zero-order valence-corrected chi connectivity index (χ0v) is 15.5. The van der Waals surface area contributed by atoms with E-state index < -0.39 is 0 Å². The number of halogens is 1. The minimum atomic E-state index is -0.249. The number of aromatic nitrogens is 1. The molecule has 130 valence electrons. The predicted molar refractivity (Wildman–Crippen MR) is 107 cm³/mol. The monoisotopic (exact) mass is 382 g/mol. The molecule has 6 heteroatoms. The lowest BCUT2D eigenvalue weighted by Gasteiger charge is -2.07. The summed E-state index contributed by atoms with van der Waals surface area (Å²) >= 11 is 7.44. The molecule has 0 bridgehead atoms. The third kappa shape index (κ3) is 3.36. The highest BCUT2D eigenvalue weighted by molar-refractivity contribution is 7.22. The van der Waals surface area contributed by atoms with Gasteiger partial charge in [0, 0.05) is 10.4 Å². The van der Waals surface area contributed by atoms with Gasteiger partial charge in [-0.05, 0) is 42.1 Å². The van der Waals surface area contributed by atoms with Crippen molar-refractivity contribution in [3.8, 4) is 5.75 Å². The molecule has 26 heavy (non-hydrogen) atoms. The molecular formula is C20H15ClN2O2S. The van der Waals surface area contributed by atoms with E-state index in [4.69, 9.17) is 16.3 Å². The quantitative estimate of drug-likeness (QED) is 0.512. The molecule has 1 amide bonds. The summed E-state index contributed by atoms with van der Waals surface area (Å²) in [6, 6.07) is 17.5. The number of nitrogens with zero attached hydrogens (tertiary/aromatic N) is 1. The highest BCUT2D eigenvalue weighted by Gasteiger charge is 2.11. The van der Waals surface area contributed by atoms with Gasteiger partial charge in [0.2, 0.25) is 0 Å². The smallest absolute Gasteiger partial charge is 0.264 e. The molecule has 0 aliphatic rings. The zero-order valence-electron chi connectivity index (χ0n) is 14.0. The first kappa shape index (κ1) is 16.8. The van der Waals surface area contributed by atoms with Gasteiger partial charge in [0.1, 0.15) is 5.75 Å². The van der Waals surface area contributed by atoms with Crippen molar-refractivity contribution in [2.75, 3.05) is 11.9 Å². The van der Waals surface area contributed by atoms with Crippen LogP contribution in [0.3, 0.4) is 0 Å². The molecule has 4 aromatic rings. The Bertz CT molecular complexity index is 1120. The lowest BCUT2D eigenvalue weighted by molar-refractivity contribution is -0.118. The van der Waals surface area contributed by atoms with Crippen molar-refractivity contribution >= 4 is 55.0 Å². The van der Waals surface area contributed by atoms with E-state index in [0.717, 1.165) is 26.6 Å². The first-order valence-corrected chi connectivity index (χ1v) is 9.27. The summed E-state index contributed by atoms with van der Waals surface area (Å²) in [5.74, 6) is 0.360. The van der Waals surface area contributed by atoms with Crippen molar-refractivity contribution in [2.24, 2.45) is 0 Å². The summed E-state index contributed by atoms with van der Waals surface area (Å²) in [4.78, 5) is 16.8. The van der Waals surface area contributed by atoms with E-state index in [0.29, 0.717) is 15.9 Å². The van der Waals surface area contributed by atoms with E-state index in [1.807, 2.05) is 37.3 Å². The molecular weight excluding hydrogens is 368 g/mol. The number of carbonyl (C=O) groups is 1. The Morgan fingerprint density at radius 3 is 2.88 bits per heavy atom. The number of thiazole rings is 1. The van der Waals surface area contributed by atoms with Gasteiger partial charge in [-0.3, -0.25) is 10.1 Å². The van der Waals surface area contributed by atoms with Crippen LogP contribution in [-0.4, -0.2) is 17.5 Å². The Hall–Kier alpha value is -2.63. The van der Waals surface area contributed by atoms with Gasteiger partial charge in [0.25, 0.3) is 5.91 Å². The van der Waals surface area contributed by atoms with Gasteiger partial charge < -0.3 is 4.74 Å². The fourth-order valence-electron chi connectivity index (χ4n) is 2.73. The van der Waals surface area contributed by atoms with Gasteiger partial charge in [-0.2, -0.15) is 0 Å². The van der Waals surface area contributed by atoms with Gasteiger partial charge in [-0.15, -0.1) is 0 Å². The SMILES string of the molecule is Cc1cc(OCC(=O)Nc2nc3c(ccc4ccccc43)s2)ccc1Cl. The van der Waals surface area contributed by atoms with Gasteiger partial charge in [0.05, 0.1) is 10.2 Å². The molecule has 0 saturated heterocycles. The highest BCUT2D eigenvalue weighted by atomic mass is 35.5. The molecule has 0 fully saturated rings. The van der Waals surface area contributed by atoms with E-state index in [-0.39, 0.29) is 12.5 Å². The van der Waals surface area contributed by atoms with Crippen molar-refractivity contribution in [3.63, 3.8) is 0 Å². The van der Waals surface area contributed by atoms with Crippen LogP contribution >= 0.6 is 22.9 Å². The number of fused-ring (bicyclic) bond motifs is 3. The molecule has 1 N–H and O–H groups in total. The maximum Gasteiger partial charge on any atom is 0.264 e. The second kappa shape index (κ2) is 6.94. The number of ether oxygens (including phenoxy) is 1. The number of aryl methyl sites for hydroxylation is 1. The zero-order chi connectivity index (χ0) is 18.1. The number of hydrogen-bond acceptors (Lipinski definition) is 4. The number of rotatable bonds is 4. The fraction of sp³-hybridized carbons (Fsp3) is 0.100. The number of hydrogen-bond donors (Lipinski definition) is 1. The Kier molecular flexibility index (Phi) is 4.49. The third-order valence-electron chi connectivity index (χ3n) is 4.03. The Labute approximate surface area is 159 Å². The molecule has 0 aliphatic carbocycles. The predicted octanol–water partition coefficient (Wildman–Crippen LogP) is 5.43. The van der Waals surface area contributed by atoms with Crippen molar-refractivity contribution < 1.29 is 9.53 Å². The van der Waals surface area contributed by atoms with Crippen molar-refractivity contribution in [2.45, 2.75) is 6.92 Å². The van der Waals surface area contributed by atoms with Crippen LogP contribution in [-0.2, 0) is 4.79 Å². The summed E-state index contributed by atoms with van der Waals surface area (Å²) < 4.78 is 6.56. The van der Waals surface area contributed by atoms with Crippen LogP contribution in [0.4, 0.5) is 5.13 Å². The van der Waals surface area contributed by atoms with Crippen LogP contribution in [0.25, 0.3) is 21.0 Å². The number of anilines is 1. The first-order chi connectivity index (χ1) is 12.6. The Morgan fingerprint density at radius 1 is 1.19 bits per heavy atom. The maximum atomic E-state index is 12.2. The van der Waals surface area contributed by atoms with Crippen molar-refractivity contribution in [1.29, 1.82) is 0 Å². The maximum absolute atomic E-state index is 12.2. The van der Waals surface area contributed by atoms with Crippen LogP contribution in [0.2, 0.25) is 5.02 Å². The number of benzene rings is 3. The number of amides is 1. The van der Waals surface area contributed by atoms with Gasteiger partial charge in [-0.25, -0.2) is 4.98 Å². The summed E-state index contributed by atoms with van der Waals surface area (Å²) in [6.45, 7) is 1.80. The normalized spacial score (nSPS) is 11.0. The second-order valence-corrected chi connectivity index (χ2v) is 7.34.